The van der Waals surface area contributed by atoms with Crippen LogP contribution in [-0.4, -0.2) is 14.9 Å². The molecule has 0 bridgehead atoms. The molecule has 0 atom stereocenters. The van der Waals surface area contributed by atoms with Crippen molar-refractivity contribution >= 4 is 62.7 Å². The Hall–Kier alpha value is -2.60. The fraction of sp³-hybridized carbons (Fsp3) is 0.0476. The Morgan fingerprint density at radius 1 is 1.00 bits per heavy atom. The van der Waals surface area contributed by atoms with E-state index in [9.17, 15) is 0 Å². The van der Waals surface area contributed by atoms with E-state index >= 15 is 0 Å². The third-order valence-corrected chi connectivity index (χ3v) is 5.07. The molecule has 1 heterocycles. The van der Waals surface area contributed by atoms with E-state index in [4.69, 9.17) is 35.4 Å². The molecule has 0 amide bonds. The molecule has 4 nitrogen and oxygen atoms in total. The maximum atomic E-state index is 6.24. The molecule has 0 aliphatic carbocycles. The topological polar surface area (TPSA) is 41.9 Å². The van der Waals surface area contributed by atoms with Crippen LogP contribution in [0.1, 0.15) is 5.56 Å². The van der Waals surface area contributed by atoms with E-state index in [0.717, 1.165) is 27.7 Å². The van der Waals surface area contributed by atoms with Crippen LogP contribution in [0.25, 0.3) is 10.8 Å². The number of hydrogen-bond donors (Lipinski definition) is 2. The van der Waals surface area contributed by atoms with Gasteiger partial charge in [0.1, 0.15) is 0 Å². The predicted molar refractivity (Wildman–Crippen MR) is 122 cm³/mol. The first-order chi connectivity index (χ1) is 13.6. The van der Waals surface area contributed by atoms with Crippen LogP contribution in [0.3, 0.4) is 0 Å². The minimum absolute atomic E-state index is 0.500. The molecule has 0 saturated carbocycles. The highest BCUT2D eigenvalue weighted by Gasteiger charge is 2.07. The first-order valence-corrected chi connectivity index (χ1v) is 9.77. The molecule has 28 heavy (non-hydrogen) atoms. The Kier molecular flexibility index (Phi) is 5.48. The van der Waals surface area contributed by atoms with Gasteiger partial charge in [0.2, 0.25) is 0 Å². The lowest BCUT2D eigenvalue weighted by Gasteiger charge is -2.11. The van der Waals surface area contributed by atoms with Crippen molar-refractivity contribution < 1.29 is 0 Å². The zero-order chi connectivity index (χ0) is 19.5. The standard InChI is InChI=1S/C21H16Cl2N4S/c22-16-9-8-15(19(23)10-16)12-27-13-17(11-24-27)25-21(28)26-20-7-3-5-14-4-1-2-6-18(14)20/h1-11,13H,12H2,(H2,25,26,28). The molecule has 0 aliphatic rings. The molecule has 0 radical (unpaired) electrons. The monoisotopic (exact) mass is 426 g/mol. The van der Waals surface area contributed by atoms with E-state index < -0.39 is 0 Å². The molecule has 3 aromatic carbocycles. The van der Waals surface area contributed by atoms with Crippen molar-refractivity contribution in [1.29, 1.82) is 0 Å². The number of fused-ring (bicyclic) bond motifs is 1. The van der Waals surface area contributed by atoms with Crippen molar-refractivity contribution in [2.75, 3.05) is 10.6 Å². The van der Waals surface area contributed by atoms with Crippen molar-refractivity contribution in [2.45, 2.75) is 6.54 Å². The Bertz CT molecular complexity index is 1150. The summed E-state index contributed by atoms with van der Waals surface area (Å²) in [6.45, 7) is 0.543. The molecule has 0 spiro atoms. The fourth-order valence-corrected chi connectivity index (χ4v) is 3.65. The second-order valence-corrected chi connectivity index (χ2v) is 7.52. The zero-order valence-corrected chi connectivity index (χ0v) is 17.0. The molecule has 4 aromatic rings. The Labute approximate surface area is 178 Å². The van der Waals surface area contributed by atoms with E-state index in [0.29, 0.717) is 21.7 Å². The van der Waals surface area contributed by atoms with Gasteiger partial charge in [0.15, 0.2) is 5.11 Å². The maximum Gasteiger partial charge on any atom is 0.175 e. The third-order valence-electron chi connectivity index (χ3n) is 4.28. The summed E-state index contributed by atoms with van der Waals surface area (Å²) in [6.07, 6.45) is 3.60. The number of aromatic nitrogens is 2. The van der Waals surface area contributed by atoms with Crippen LogP contribution in [0.15, 0.2) is 73.1 Å². The average molecular weight is 427 g/mol. The number of benzene rings is 3. The lowest BCUT2D eigenvalue weighted by Crippen LogP contribution is -2.18. The number of anilines is 2. The van der Waals surface area contributed by atoms with E-state index in [1.165, 1.54) is 0 Å². The van der Waals surface area contributed by atoms with Crippen LogP contribution in [-0.2, 0) is 6.54 Å². The molecule has 0 fully saturated rings. The minimum atomic E-state index is 0.500. The summed E-state index contributed by atoms with van der Waals surface area (Å²) >= 11 is 17.6. The summed E-state index contributed by atoms with van der Waals surface area (Å²) in [5.41, 5.74) is 2.69. The lowest BCUT2D eigenvalue weighted by atomic mass is 10.1. The van der Waals surface area contributed by atoms with Gasteiger partial charge in [-0.05, 0) is 41.4 Å². The Morgan fingerprint density at radius 2 is 1.82 bits per heavy atom. The molecule has 0 saturated heterocycles. The summed E-state index contributed by atoms with van der Waals surface area (Å²) in [6, 6.07) is 19.7. The average Bonchev–Trinajstić information content (AvgIpc) is 3.11. The van der Waals surface area contributed by atoms with Gasteiger partial charge in [0.05, 0.1) is 18.4 Å². The fourth-order valence-electron chi connectivity index (χ4n) is 2.96. The molecular weight excluding hydrogens is 411 g/mol. The predicted octanol–water partition coefficient (Wildman–Crippen LogP) is 6.20. The van der Waals surface area contributed by atoms with Crippen LogP contribution in [0.2, 0.25) is 10.0 Å². The molecule has 2 N–H and O–H groups in total. The van der Waals surface area contributed by atoms with E-state index in [1.54, 1.807) is 16.9 Å². The lowest BCUT2D eigenvalue weighted by molar-refractivity contribution is 0.687. The number of nitrogens with zero attached hydrogens (tertiary/aromatic N) is 2. The van der Waals surface area contributed by atoms with Gasteiger partial charge in [-0.25, -0.2) is 0 Å². The zero-order valence-electron chi connectivity index (χ0n) is 14.7. The summed E-state index contributed by atoms with van der Waals surface area (Å²) in [4.78, 5) is 0. The number of nitrogens with one attached hydrogen (secondary N) is 2. The SMILES string of the molecule is S=C(Nc1cnn(Cc2ccc(Cl)cc2Cl)c1)Nc1cccc2ccccc12. The van der Waals surface area contributed by atoms with Crippen LogP contribution in [0.5, 0.6) is 0 Å². The third kappa shape index (κ3) is 4.28. The second-order valence-electron chi connectivity index (χ2n) is 6.27. The molecule has 7 heteroatoms. The first-order valence-electron chi connectivity index (χ1n) is 8.61. The number of hydrogen-bond acceptors (Lipinski definition) is 2. The summed E-state index contributed by atoms with van der Waals surface area (Å²) in [5, 5.41) is 14.8. The van der Waals surface area contributed by atoms with Gasteiger partial charge in [-0.2, -0.15) is 5.10 Å². The second kappa shape index (κ2) is 8.19. The van der Waals surface area contributed by atoms with Crippen molar-refractivity contribution in [2.24, 2.45) is 0 Å². The Morgan fingerprint density at radius 3 is 2.68 bits per heavy atom. The van der Waals surface area contributed by atoms with E-state index in [-0.39, 0.29) is 0 Å². The molecule has 4 rings (SSSR count). The number of thiocarbonyl (C=S) groups is 1. The van der Waals surface area contributed by atoms with Gasteiger partial charge in [0, 0.05) is 27.3 Å². The van der Waals surface area contributed by atoms with Gasteiger partial charge < -0.3 is 10.6 Å². The largest absolute Gasteiger partial charge is 0.332 e. The van der Waals surface area contributed by atoms with Gasteiger partial charge in [-0.15, -0.1) is 0 Å². The van der Waals surface area contributed by atoms with Crippen molar-refractivity contribution in [3.05, 3.63) is 88.7 Å². The van der Waals surface area contributed by atoms with Gasteiger partial charge in [-0.3, -0.25) is 4.68 Å². The molecule has 0 unspecified atom stereocenters. The quantitative estimate of drug-likeness (QED) is 0.381. The first kappa shape index (κ1) is 18.7. The minimum Gasteiger partial charge on any atom is -0.332 e. The van der Waals surface area contributed by atoms with Crippen LogP contribution >= 0.6 is 35.4 Å². The summed E-state index contributed by atoms with van der Waals surface area (Å²) < 4.78 is 1.79. The molecule has 140 valence electrons. The number of rotatable bonds is 4. The number of halogens is 2. The maximum absolute atomic E-state index is 6.24. The summed E-state index contributed by atoms with van der Waals surface area (Å²) in [7, 11) is 0. The van der Waals surface area contributed by atoms with E-state index in [2.05, 4.69) is 33.9 Å². The highest BCUT2D eigenvalue weighted by Crippen LogP contribution is 2.24. The smallest absolute Gasteiger partial charge is 0.175 e. The molecule has 1 aromatic heterocycles. The summed E-state index contributed by atoms with van der Waals surface area (Å²) in [5.74, 6) is 0. The van der Waals surface area contributed by atoms with E-state index in [1.807, 2.05) is 42.6 Å². The van der Waals surface area contributed by atoms with Gasteiger partial charge in [-0.1, -0.05) is 65.7 Å². The van der Waals surface area contributed by atoms with Crippen molar-refractivity contribution in [3.8, 4) is 0 Å². The molecule has 0 aliphatic heterocycles. The van der Waals surface area contributed by atoms with Gasteiger partial charge in [0.25, 0.3) is 0 Å². The normalized spacial score (nSPS) is 10.8. The van der Waals surface area contributed by atoms with Crippen molar-refractivity contribution in [1.82, 2.24) is 9.78 Å². The highest BCUT2D eigenvalue weighted by atomic mass is 35.5. The van der Waals surface area contributed by atoms with Gasteiger partial charge >= 0.3 is 0 Å². The van der Waals surface area contributed by atoms with Crippen LogP contribution < -0.4 is 10.6 Å². The van der Waals surface area contributed by atoms with Crippen molar-refractivity contribution in [3.63, 3.8) is 0 Å². The highest BCUT2D eigenvalue weighted by molar-refractivity contribution is 7.80. The molecular formula is C21H16Cl2N4S. The van der Waals surface area contributed by atoms with Crippen LogP contribution in [0, 0.1) is 0 Å². The Balaban J connectivity index is 1.44. The van der Waals surface area contributed by atoms with Crippen LogP contribution in [0.4, 0.5) is 11.4 Å².